The number of carbonyl (C=O) groups is 2. The van der Waals surface area contributed by atoms with Crippen LogP contribution in [0.3, 0.4) is 0 Å². The van der Waals surface area contributed by atoms with Gasteiger partial charge < -0.3 is 19.4 Å². The van der Waals surface area contributed by atoms with E-state index in [0.717, 1.165) is 24.1 Å². The third kappa shape index (κ3) is 5.19. The molecule has 0 N–H and O–H groups in total. The van der Waals surface area contributed by atoms with E-state index < -0.39 is 0 Å². The van der Waals surface area contributed by atoms with Gasteiger partial charge in [-0.05, 0) is 38.8 Å². The van der Waals surface area contributed by atoms with Gasteiger partial charge in [-0.1, -0.05) is 30.3 Å². The molecule has 7 heteroatoms. The summed E-state index contributed by atoms with van der Waals surface area (Å²) in [6, 6.07) is 13.8. The van der Waals surface area contributed by atoms with Gasteiger partial charge in [-0.25, -0.2) is 4.98 Å². The van der Waals surface area contributed by atoms with Crippen LogP contribution in [0.5, 0.6) is 0 Å². The van der Waals surface area contributed by atoms with Crippen LogP contribution in [0.1, 0.15) is 37.0 Å². The van der Waals surface area contributed by atoms with Gasteiger partial charge in [0.2, 0.25) is 5.91 Å². The minimum absolute atomic E-state index is 0.0411. The number of pyridine rings is 1. The first-order chi connectivity index (χ1) is 16.1. The molecule has 7 nitrogen and oxygen atoms in total. The van der Waals surface area contributed by atoms with Crippen molar-refractivity contribution >= 4 is 17.6 Å². The Morgan fingerprint density at radius 3 is 2.45 bits per heavy atom. The average molecular weight is 451 g/mol. The Labute approximate surface area is 196 Å². The molecule has 1 atom stereocenters. The minimum atomic E-state index is -0.133. The van der Waals surface area contributed by atoms with Crippen LogP contribution < -0.4 is 4.90 Å². The number of likely N-dealkylation sites (tertiary alicyclic amines) is 1. The van der Waals surface area contributed by atoms with Gasteiger partial charge in [0.1, 0.15) is 5.82 Å². The Morgan fingerprint density at radius 1 is 1.03 bits per heavy atom. The highest BCUT2D eigenvalue weighted by Crippen LogP contribution is 2.28. The summed E-state index contributed by atoms with van der Waals surface area (Å²) in [6.07, 6.45) is 1.67. The van der Waals surface area contributed by atoms with E-state index in [2.05, 4.69) is 4.90 Å². The standard InChI is InChI=1S/C26H34N4O3/c1-3-28(4-2)25(31)21-11-8-14-30(19-21)26(32)22-12-13-23(20-9-6-5-7-10-20)27-24(22)29-15-17-33-18-16-29/h5-7,9-10,12-13,21H,3-4,8,11,14-19H2,1-2H3. The monoisotopic (exact) mass is 450 g/mol. The molecule has 33 heavy (non-hydrogen) atoms. The largest absolute Gasteiger partial charge is 0.378 e. The summed E-state index contributed by atoms with van der Waals surface area (Å²) in [5.74, 6) is 0.692. The number of morpholine rings is 1. The Kier molecular flexibility index (Phi) is 7.60. The molecule has 176 valence electrons. The van der Waals surface area contributed by atoms with Crippen LogP contribution >= 0.6 is 0 Å². The molecule has 1 aromatic carbocycles. The molecule has 0 radical (unpaired) electrons. The molecule has 2 aliphatic rings. The van der Waals surface area contributed by atoms with Crippen LogP contribution in [-0.2, 0) is 9.53 Å². The second-order valence-electron chi connectivity index (χ2n) is 8.63. The van der Waals surface area contributed by atoms with Gasteiger partial charge in [-0.2, -0.15) is 0 Å². The molecule has 2 fully saturated rings. The highest BCUT2D eigenvalue weighted by molar-refractivity contribution is 5.99. The van der Waals surface area contributed by atoms with Gasteiger partial charge >= 0.3 is 0 Å². The van der Waals surface area contributed by atoms with Crippen molar-refractivity contribution in [3.63, 3.8) is 0 Å². The number of benzene rings is 1. The third-order valence-corrected chi connectivity index (χ3v) is 6.62. The second kappa shape index (κ2) is 10.8. The van der Waals surface area contributed by atoms with E-state index in [-0.39, 0.29) is 17.7 Å². The number of amides is 2. The van der Waals surface area contributed by atoms with Gasteiger partial charge in [0.05, 0.1) is 30.4 Å². The third-order valence-electron chi connectivity index (χ3n) is 6.62. The average Bonchev–Trinajstić information content (AvgIpc) is 2.89. The number of hydrogen-bond donors (Lipinski definition) is 0. The lowest BCUT2D eigenvalue weighted by Gasteiger charge is -2.35. The number of aromatic nitrogens is 1. The molecule has 2 aliphatic heterocycles. The summed E-state index contributed by atoms with van der Waals surface area (Å²) in [5, 5.41) is 0. The van der Waals surface area contributed by atoms with Gasteiger partial charge in [0.25, 0.3) is 5.91 Å². The maximum Gasteiger partial charge on any atom is 0.257 e. The summed E-state index contributed by atoms with van der Waals surface area (Å²) >= 11 is 0. The first kappa shape index (κ1) is 23.2. The summed E-state index contributed by atoms with van der Waals surface area (Å²) in [5.41, 5.74) is 2.48. The fourth-order valence-electron chi connectivity index (χ4n) is 4.73. The van der Waals surface area contributed by atoms with E-state index in [1.54, 1.807) is 0 Å². The van der Waals surface area contributed by atoms with E-state index in [9.17, 15) is 9.59 Å². The van der Waals surface area contributed by atoms with Crippen LogP contribution in [0.2, 0.25) is 0 Å². The smallest absolute Gasteiger partial charge is 0.257 e. The van der Waals surface area contributed by atoms with Gasteiger partial charge in [0, 0.05) is 44.8 Å². The lowest BCUT2D eigenvalue weighted by Crippen LogP contribution is -2.47. The summed E-state index contributed by atoms with van der Waals surface area (Å²) in [4.78, 5) is 37.4. The number of hydrogen-bond acceptors (Lipinski definition) is 5. The van der Waals surface area contributed by atoms with Crippen LogP contribution in [0.25, 0.3) is 11.3 Å². The molecular formula is C26H34N4O3. The number of nitrogens with zero attached hydrogens (tertiary/aromatic N) is 4. The summed E-state index contributed by atoms with van der Waals surface area (Å²) < 4.78 is 5.53. The topological polar surface area (TPSA) is 66.0 Å². The van der Waals surface area contributed by atoms with Crippen molar-refractivity contribution < 1.29 is 14.3 Å². The van der Waals surface area contributed by atoms with Crippen LogP contribution in [0, 0.1) is 5.92 Å². The molecule has 3 heterocycles. The zero-order valence-electron chi connectivity index (χ0n) is 19.7. The highest BCUT2D eigenvalue weighted by Gasteiger charge is 2.32. The number of rotatable bonds is 6. The first-order valence-electron chi connectivity index (χ1n) is 12.1. The molecule has 0 aliphatic carbocycles. The fourth-order valence-corrected chi connectivity index (χ4v) is 4.73. The Bertz CT molecular complexity index is 955. The number of carbonyl (C=O) groups excluding carboxylic acids is 2. The maximum absolute atomic E-state index is 13.7. The van der Waals surface area contributed by atoms with Gasteiger partial charge in [-0.15, -0.1) is 0 Å². The molecule has 0 spiro atoms. The van der Waals surface area contributed by atoms with E-state index >= 15 is 0 Å². The molecule has 0 saturated carbocycles. The predicted octanol–water partition coefficient (Wildman–Crippen LogP) is 3.31. The van der Waals surface area contributed by atoms with E-state index in [0.29, 0.717) is 63.9 Å². The fraction of sp³-hybridized carbons (Fsp3) is 0.500. The SMILES string of the molecule is CCN(CC)C(=O)C1CCCN(C(=O)c2ccc(-c3ccccc3)nc2N2CCOCC2)C1. The molecule has 0 bridgehead atoms. The second-order valence-corrected chi connectivity index (χ2v) is 8.63. The summed E-state index contributed by atoms with van der Waals surface area (Å²) in [7, 11) is 0. The number of piperidine rings is 1. The minimum Gasteiger partial charge on any atom is -0.378 e. The van der Waals surface area contributed by atoms with Crippen molar-refractivity contribution in [2.75, 3.05) is 57.4 Å². The van der Waals surface area contributed by atoms with Crippen molar-refractivity contribution in [2.24, 2.45) is 5.92 Å². The van der Waals surface area contributed by atoms with Gasteiger partial charge in [-0.3, -0.25) is 9.59 Å². The molecule has 1 unspecified atom stereocenters. The van der Waals surface area contributed by atoms with Crippen molar-refractivity contribution in [2.45, 2.75) is 26.7 Å². The highest BCUT2D eigenvalue weighted by atomic mass is 16.5. The first-order valence-corrected chi connectivity index (χ1v) is 12.1. The molecule has 4 rings (SSSR count). The lowest BCUT2D eigenvalue weighted by atomic mass is 9.95. The zero-order valence-corrected chi connectivity index (χ0v) is 19.7. The van der Waals surface area contributed by atoms with Crippen molar-refractivity contribution in [3.05, 3.63) is 48.0 Å². The molecule has 2 amide bonds. The number of anilines is 1. The van der Waals surface area contributed by atoms with E-state index in [1.807, 2.05) is 66.1 Å². The number of ether oxygens (including phenoxy) is 1. The van der Waals surface area contributed by atoms with Crippen LogP contribution in [0.4, 0.5) is 5.82 Å². The van der Waals surface area contributed by atoms with Crippen molar-refractivity contribution in [1.82, 2.24) is 14.8 Å². The van der Waals surface area contributed by atoms with E-state index in [4.69, 9.17) is 9.72 Å². The van der Waals surface area contributed by atoms with Crippen LogP contribution in [-0.4, -0.2) is 79.1 Å². The predicted molar refractivity (Wildman–Crippen MR) is 129 cm³/mol. The quantitative estimate of drug-likeness (QED) is 0.676. The zero-order chi connectivity index (χ0) is 23.2. The molecule has 2 saturated heterocycles. The Hall–Kier alpha value is -2.93. The lowest BCUT2D eigenvalue weighted by molar-refractivity contribution is -0.136. The molecule has 2 aromatic rings. The Balaban J connectivity index is 1.61. The van der Waals surface area contributed by atoms with E-state index in [1.165, 1.54) is 0 Å². The Morgan fingerprint density at radius 2 is 1.76 bits per heavy atom. The molecule has 1 aromatic heterocycles. The van der Waals surface area contributed by atoms with Crippen molar-refractivity contribution in [1.29, 1.82) is 0 Å². The summed E-state index contributed by atoms with van der Waals surface area (Å²) in [6.45, 7) is 9.19. The maximum atomic E-state index is 13.7. The van der Waals surface area contributed by atoms with Crippen molar-refractivity contribution in [3.8, 4) is 11.3 Å². The normalized spacial score (nSPS) is 18.8. The van der Waals surface area contributed by atoms with Gasteiger partial charge in [0.15, 0.2) is 0 Å². The van der Waals surface area contributed by atoms with Crippen LogP contribution in [0.15, 0.2) is 42.5 Å². The molecular weight excluding hydrogens is 416 g/mol.